The van der Waals surface area contributed by atoms with Gasteiger partial charge in [0.15, 0.2) is 34.9 Å². The van der Waals surface area contributed by atoms with Crippen LogP contribution in [-0.4, -0.2) is 44.9 Å². The second-order valence-electron chi connectivity index (χ2n) is 29.5. The average Bonchev–Trinajstić information content (AvgIpc) is 0.789. The van der Waals surface area contributed by atoms with Gasteiger partial charge in [-0.15, -0.1) is 5.56 Å². The van der Waals surface area contributed by atoms with Gasteiger partial charge >= 0.3 is 27.0 Å². The van der Waals surface area contributed by atoms with E-state index in [1.165, 1.54) is 27.8 Å². The first-order valence-electron chi connectivity index (χ1n) is 34.6. The second-order valence-corrected chi connectivity index (χ2v) is 31.3. The Balaban J connectivity index is 0.000000189. The van der Waals surface area contributed by atoms with Gasteiger partial charge in [0.05, 0.1) is 11.4 Å². The molecule has 0 saturated heterocycles. The Hall–Kier alpha value is -9.68. The standard InChI is InChI=1S/C51H45N5.C29H29Br2N3.C11H8N.ClH.Zn/c1-50(2,3)43-25-21-38(22-26-43)47-54-48(39-23-27-44(28-24-39)51(4,5)6)56-49(55-47)42-32-40(34-13-17-36(18-14-34)45-11-7-9-29-52-45)31-41(33-42)35-15-19-37(20-16-35)46-12-8-10-30-53-46;1-28(2,3)21-11-7-18(8-12-21)25-32-26(19-9-13-22(14-10-19)29(4,5)6)34-27(33-25)20-15-23(30)17-24(31)16-20;1-2-5-10(6-3-1)11-7-4-8-12-9-11;;/h7-33H,1-6H3;7-17H,1-6H3;2-9H;1H;/q;;-1;;+2/p-1. The van der Waals surface area contributed by atoms with Gasteiger partial charge in [0.2, 0.25) is 0 Å². The van der Waals surface area contributed by atoms with Crippen LogP contribution >= 0.6 is 41.6 Å². The van der Waals surface area contributed by atoms with E-state index in [0.29, 0.717) is 34.9 Å². The predicted molar refractivity (Wildman–Crippen MR) is 434 cm³/mol. The molecule has 13 heteroatoms. The molecule has 0 radical (unpaired) electrons. The van der Waals surface area contributed by atoms with E-state index in [4.69, 9.17) is 39.6 Å². The molecule has 14 rings (SSSR count). The molecule has 9 nitrogen and oxygen atoms in total. The molecule has 0 spiro atoms. The maximum absolute atomic E-state index is 5.19. The van der Waals surface area contributed by atoms with Gasteiger partial charge in [0.25, 0.3) is 0 Å². The molecule has 0 saturated carbocycles. The minimum Gasteiger partial charge on any atom is -0.264 e. The summed E-state index contributed by atoms with van der Waals surface area (Å²) in [4.78, 5) is 43.2. The van der Waals surface area contributed by atoms with Gasteiger partial charge in [-0.05, 0) is 138 Å². The van der Waals surface area contributed by atoms with Crippen LogP contribution in [0.25, 0.3) is 124 Å². The topological polar surface area (TPSA) is 116 Å². The number of rotatable bonds is 11. The van der Waals surface area contributed by atoms with E-state index in [1.807, 2.05) is 110 Å². The SMILES string of the molecule is CC(C)(C)c1ccc(-c2nc(-c3ccc(C(C)(C)C)cc3)nc(-c3cc(-c4ccc(-c5ccccn5)cc4)cc(-c4ccc(-c5ccccn5)cc4)c3)n2)cc1.CC(C)(C)c1ccc(-c2nc(-c3ccc(C(C)(C)C)cc3)nc(-c3cc(Br)cc(Br)c3)n2)cc1.[Cl][Zn+].[c-]1ccc(-c2cccnc2)cc1. The molecule has 104 heavy (non-hydrogen) atoms. The number of halogens is 3. The number of hydrogen-bond donors (Lipinski definition) is 0. The van der Waals surface area contributed by atoms with Gasteiger partial charge in [-0.3, -0.25) is 15.0 Å². The summed E-state index contributed by atoms with van der Waals surface area (Å²) < 4.78 is 1.92. The summed E-state index contributed by atoms with van der Waals surface area (Å²) in [6, 6.07) is 90.9. The number of aromatic nitrogens is 9. The Morgan fingerprint density at radius 2 is 0.558 bits per heavy atom. The van der Waals surface area contributed by atoms with Crippen molar-refractivity contribution in [3.63, 3.8) is 0 Å². The molecule has 0 aliphatic heterocycles. The molecule has 0 fully saturated rings. The molecule has 514 valence electrons. The van der Waals surface area contributed by atoms with Crippen molar-refractivity contribution in [3.05, 3.63) is 317 Å². The van der Waals surface area contributed by atoms with Gasteiger partial charge < -0.3 is 0 Å². The van der Waals surface area contributed by atoms with Crippen LogP contribution in [0.3, 0.4) is 0 Å². The first kappa shape index (κ1) is 75.5. The third kappa shape index (κ3) is 19.6. The Bertz CT molecular complexity index is 4830. The van der Waals surface area contributed by atoms with E-state index < -0.39 is 0 Å². The zero-order valence-electron chi connectivity index (χ0n) is 60.9. The summed E-state index contributed by atoms with van der Waals surface area (Å²) >= 11 is 8.03. The van der Waals surface area contributed by atoms with Crippen LogP contribution in [0.1, 0.15) is 105 Å². The molecule has 9 aromatic carbocycles. The molecule has 0 N–H and O–H groups in total. The minimum absolute atomic E-state index is 0.0329. The number of nitrogens with zero attached hydrogens (tertiary/aromatic N) is 9. The van der Waals surface area contributed by atoms with Crippen molar-refractivity contribution in [3.8, 4) is 124 Å². The van der Waals surface area contributed by atoms with Crippen molar-refractivity contribution >= 4 is 41.6 Å². The van der Waals surface area contributed by atoms with Crippen molar-refractivity contribution in [1.82, 2.24) is 44.9 Å². The van der Waals surface area contributed by atoms with Crippen molar-refractivity contribution in [2.24, 2.45) is 0 Å². The van der Waals surface area contributed by atoms with Crippen LogP contribution < -0.4 is 0 Å². The Morgan fingerprint density at radius 1 is 0.269 bits per heavy atom. The molecule has 0 amide bonds. The van der Waals surface area contributed by atoms with Crippen molar-refractivity contribution in [1.29, 1.82) is 0 Å². The molecular formula is C91H82Br2ClN9Zn. The normalized spacial score (nSPS) is 11.5. The fraction of sp³-hybridized carbons (Fsp3) is 0.176. The van der Waals surface area contributed by atoms with Gasteiger partial charge in [-0.25, -0.2) is 29.9 Å². The summed E-state index contributed by atoms with van der Waals surface area (Å²) in [5.74, 6) is 3.85. The van der Waals surface area contributed by atoms with Crippen LogP contribution in [0.2, 0.25) is 0 Å². The van der Waals surface area contributed by atoms with Gasteiger partial charge in [0, 0.05) is 78.2 Å². The zero-order chi connectivity index (χ0) is 73.8. The molecule has 0 atom stereocenters. The first-order valence-corrected chi connectivity index (χ1v) is 40.1. The number of hydrogen-bond acceptors (Lipinski definition) is 9. The quantitative estimate of drug-likeness (QED) is 0.0922. The summed E-state index contributed by atoms with van der Waals surface area (Å²) in [6.07, 6.45) is 7.29. The predicted octanol–water partition coefficient (Wildman–Crippen LogP) is 25.2. The first-order chi connectivity index (χ1) is 49.8. The van der Waals surface area contributed by atoms with Crippen molar-refractivity contribution in [2.45, 2.75) is 105 Å². The smallest absolute Gasteiger partial charge is 0.0325 e. The second kappa shape index (κ2) is 33.4. The Morgan fingerprint density at radius 3 is 0.856 bits per heavy atom. The van der Waals surface area contributed by atoms with Crippen molar-refractivity contribution < 1.29 is 17.3 Å². The largest absolute Gasteiger partial charge is 0.264 e. The van der Waals surface area contributed by atoms with Crippen LogP contribution in [-0.2, 0) is 39.0 Å². The molecule has 0 unspecified atom stereocenters. The average molecular weight is 1560 g/mol. The van der Waals surface area contributed by atoms with Gasteiger partial charge in [-0.2, -0.15) is 30.3 Å². The summed E-state index contributed by atoms with van der Waals surface area (Å²) in [5, 5.41) is 0. The monoisotopic (exact) mass is 1560 g/mol. The molecule has 0 aliphatic carbocycles. The maximum atomic E-state index is 5.19. The molecule has 14 aromatic rings. The molecule has 0 aliphatic rings. The number of benzene rings is 9. The molecule has 0 bridgehead atoms. The van der Waals surface area contributed by atoms with Crippen LogP contribution in [0, 0.1) is 6.07 Å². The fourth-order valence-electron chi connectivity index (χ4n) is 11.6. The number of pyridine rings is 3. The summed E-state index contributed by atoms with van der Waals surface area (Å²) in [6.45, 7) is 26.7. The molecule has 5 aromatic heterocycles. The summed E-state index contributed by atoms with van der Waals surface area (Å²) in [5.41, 5.74) is 21.6. The van der Waals surface area contributed by atoms with Crippen LogP contribution in [0.4, 0.5) is 0 Å². The Labute approximate surface area is 644 Å². The van der Waals surface area contributed by atoms with Gasteiger partial charge in [-0.1, -0.05) is 279 Å². The van der Waals surface area contributed by atoms with E-state index in [2.05, 4.69) is 300 Å². The van der Waals surface area contributed by atoms with E-state index in [-0.39, 0.29) is 21.7 Å². The van der Waals surface area contributed by atoms with E-state index in [0.717, 1.165) is 110 Å². The zero-order valence-corrected chi connectivity index (χ0v) is 67.8. The summed E-state index contributed by atoms with van der Waals surface area (Å²) in [7, 11) is 4.76. The van der Waals surface area contributed by atoms with E-state index in [1.54, 1.807) is 6.20 Å². The Kier molecular flexibility index (Phi) is 24.2. The molecule has 5 heterocycles. The third-order valence-electron chi connectivity index (χ3n) is 17.7. The third-order valence-corrected chi connectivity index (χ3v) is 18.6. The van der Waals surface area contributed by atoms with E-state index in [9.17, 15) is 0 Å². The minimum atomic E-state index is 0.0329. The maximum Gasteiger partial charge on any atom is 0.0325 e. The molecular weight excluding hydrogens is 1480 g/mol. The van der Waals surface area contributed by atoms with Crippen LogP contribution in [0.5, 0.6) is 0 Å². The van der Waals surface area contributed by atoms with Gasteiger partial charge in [0.1, 0.15) is 0 Å². The van der Waals surface area contributed by atoms with Crippen LogP contribution in [0.15, 0.2) is 289 Å². The van der Waals surface area contributed by atoms with Crippen molar-refractivity contribution in [2.75, 3.05) is 0 Å². The fourth-order valence-corrected chi connectivity index (χ4v) is 12.9. The van der Waals surface area contributed by atoms with E-state index >= 15 is 0 Å².